The minimum Gasteiger partial charge on any atom is -0.365 e. The topological polar surface area (TPSA) is 65.1 Å². The van der Waals surface area contributed by atoms with Crippen LogP contribution in [-0.4, -0.2) is 10.5 Å². The van der Waals surface area contributed by atoms with E-state index in [0.717, 1.165) is 17.3 Å². The molecule has 1 heterocycles. The number of carbonyl (C=O) groups is 1. The monoisotopic (exact) mass is 338 g/mol. The molecular weight excluding hydrogens is 319 g/mol. The van der Waals surface area contributed by atoms with Crippen LogP contribution in [-0.2, 0) is 5.41 Å². The Morgan fingerprint density at radius 1 is 1.12 bits per heavy atom. The van der Waals surface area contributed by atoms with Crippen molar-refractivity contribution in [3.05, 3.63) is 75.8 Å². The Hall–Kier alpha value is -2.95. The summed E-state index contributed by atoms with van der Waals surface area (Å²) in [5.41, 5.74) is 6.93. The molecule has 4 nitrogen and oxygen atoms in total. The van der Waals surface area contributed by atoms with Gasteiger partial charge in [-0.25, -0.2) is 4.39 Å². The Kier molecular flexibility index (Phi) is 3.95. The average molecular weight is 338 g/mol. The lowest BCUT2D eigenvalue weighted by Crippen LogP contribution is -2.24. The van der Waals surface area contributed by atoms with Crippen LogP contribution in [0.1, 0.15) is 36.7 Å². The largest absolute Gasteiger partial charge is 0.365 e. The fourth-order valence-electron chi connectivity index (χ4n) is 2.81. The number of fused-ring (bicyclic) bond motifs is 1. The molecular formula is C20H19FN2O2. The number of hydrogen-bond acceptors (Lipinski definition) is 2. The molecule has 0 bridgehead atoms. The predicted molar refractivity (Wildman–Crippen MR) is 96.7 cm³/mol. The number of rotatable bonds is 2. The lowest BCUT2D eigenvalue weighted by molar-refractivity contribution is 0.0999. The van der Waals surface area contributed by atoms with Crippen LogP contribution in [0.15, 0.2) is 53.5 Å². The highest BCUT2D eigenvalue weighted by Crippen LogP contribution is 2.26. The number of pyridine rings is 1. The number of halogens is 1. The van der Waals surface area contributed by atoms with E-state index < -0.39 is 17.2 Å². The van der Waals surface area contributed by atoms with Gasteiger partial charge in [-0.15, -0.1) is 0 Å². The molecule has 2 N–H and O–H groups in total. The van der Waals surface area contributed by atoms with Gasteiger partial charge in [0.15, 0.2) is 0 Å². The molecule has 0 fully saturated rings. The van der Waals surface area contributed by atoms with Crippen molar-refractivity contribution in [2.75, 3.05) is 0 Å². The minimum atomic E-state index is -0.836. The molecule has 0 saturated carbocycles. The normalized spacial score (nSPS) is 11.7. The molecule has 0 unspecified atom stereocenters. The summed E-state index contributed by atoms with van der Waals surface area (Å²) in [6, 6.07) is 11.7. The Balaban J connectivity index is 2.39. The first-order valence-electron chi connectivity index (χ1n) is 7.94. The van der Waals surface area contributed by atoms with Crippen LogP contribution in [0, 0.1) is 5.82 Å². The van der Waals surface area contributed by atoms with Gasteiger partial charge in [0.1, 0.15) is 11.4 Å². The molecule has 0 spiro atoms. The number of carbonyl (C=O) groups excluding carboxylic acids is 1. The van der Waals surface area contributed by atoms with E-state index in [9.17, 15) is 14.0 Å². The second-order valence-electron chi connectivity index (χ2n) is 7.07. The van der Waals surface area contributed by atoms with Crippen molar-refractivity contribution in [2.24, 2.45) is 5.73 Å². The van der Waals surface area contributed by atoms with Crippen molar-refractivity contribution < 1.29 is 9.18 Å². The predicted octanol–water partition coefficient (Wildman–Crippen LogP) is 3.53. The van der Waals surface area contributed by atoms with Crippen molar-refractivity contribution in [3.63, 3.8) is 0 Å². The SMILES string of the molecule is CC(C)(C)c1cccc(-n2cc(C(N)=O)c(=O)c3cc(F)ccc32)c1. The van der Waals surface area contributed by atoms with E-state index >= 15 is 0 Å². The van der Waals surface area contributed by atoms with Gasteiger partial charge in [-0.2, -0.15) is 0 Å². The number of aromatic nitrogens is 1. The lowest BCUT2D eigenvalue weighted by Gasteiger charge is -2.21. The van der Waals surface area contributed by atoms with Crippen LogP contribution < -0.4 is 11.2 Å². The van der Waals surface area contributed by atoms with Crippen LogP contribution in [0.4, 0.5) is 4.39 Å². The zero-order valence-corrected chi connectivity index (χ0v) is 14.3. The van der Waals surface area contributed by atoms with Crippen LogP contribution in [0.5, 0.6) is 0 Å². The maximum Gasteiger partial charge on any atom is 0.254 e. The van der Waals surface area contributed by atoms with Gasteiger partial charge in [-0.1, -0.05) is 32.9 Å². The molecule has 0 aliphatic carbocycles. The number of amides is 1. The first kappa shape index (κ1) is 16.9. The summed E-state index contributed by atoms with van der Waals surface area (Å²) in [7, 11) is 0. The third-order valence-electron chi connectivity index (χ3n) is 4.22. The van der Waals surface area contributed by atoms with E-state index in [2.05, 4.69) is 20.8 Å². The van der Waals surface area contributed by atoms with Gasteiger partial charge in [0, 0.05) is 17.3 Å². The Morgan fingerprint density at radius 3 is 2.48 bits per heavy atom. The average Bonchev–Trinajstić information content (AvgIpc) is 2.54. The van der Waals surface area contributed by atoms with Crippen LogP contribution in [0.2, 0.25) is 0 Å². The molecule has 128 valence electrons. The van der Waals surface area contributed by atoms with E-state index in [1.165, 1.54) is 18.3 Å². The zero-order chi connectivity index (χ0) is 18.4. The molecule has 3 aromatic rings. The minimum absolute atomic E-state index is 0.0660. The molecule has 1 amide bonds. The third-order valence-corrected chi connectivity index (χ3v) is 4.22. The van der Waals surface area contributed by atoms with Crippen LogP contribution in [0.25, 0.3) is 16.6 Å². The maximum absolute atomic E-state index is 13.6. The van der Waals surface area contributed by atoms with E-state index in [-0.39, 0.29) is 16.4 Å². The smallest absolute Gasteiger partial charge is 0.254 e. The highest BCUT2D eigenvalue weighted by atomic mass is 19.1. The summed E-state index contributed by atoms with van der Waals surface area (Å²) in [6.07, 6.45) is 1.42. The molecule has 1 aromatic heterocycles. The number of primary amides is 1. The summed E-state index contributed by atoms with van der Waals surface area (Å²) in [4.78, 5) is 24.1. The number of nitrogens with zero attached hydrogens (tertiary/aromatic N) is 1. The standard InChI is InChI=1S/C20H19FN2O2/c1-20(2,3)12-5-4-6-14(9-12)23-11-16(19(22)25)18(24)15-10-13(21)7-8-17(15)23/h4-11H,1-3H3,(H2,22,25). The molecule has 0 saturated heterocycles. The second kappa shape index (κ2) is 5.84. The van der Waals surface area contributed by atoms with E-state index in [0.29, 0.717) is 5.52 Å². The fraction of sp³-hybridized carbons (Fsp3) is 0.200. The quantitative estimate of drug-likeness (QED) is 0.777. The second-order valence-corrected chi connectivity index (χ2v) is 7.07. The molecule has 0 radical (unpaired) electrons. The summed E-state index contributed by atoms with van der Waals surface area (Å²) in [5.74, 6) is -1.38. The summed E-state index contributed by atoms with van der Waals surface area (Å²) < 4.78 is 15.3. The summed E-state index contributed by atoms with van der Waals surface area (Å²) >= 11 is 0. The summed E-state index contributed by atoms with van der Waals surface area (Å²) in [6.45, 7) is 6.29. The third kappa shape index (κ3) is 3.05. The van der Waals surface area contributed by atoms with Gasteiger partial charge in [-0.3, -0.25) is 9.59 Å². The first-order valence-corrected chi connectivity index (χ1v) is 7.94. The Labute approximate surface area is 144 Å². The Bertz CT molecular complexity index is 1050. The number of benzene rings is 2. The molecule has 0 aliphatic heterocycles. The van der Waals surface area contributed by atoms with Crippen molar-refractivity contribution in [1.82, 2.24) is 4.57 Å². The van der Waals surface area contributed by atoms with Gasteiger partial charge in [-0.05, 0) is 41.3 Å². The summed E-state index contributed by atoms with van der Waals surface area (Å²) in [5, 5.41) is 0.123. The van der Waals surface area contributed by atoms with Crippen molar-refractivity contribution >= 4 is 16.8 Å². The van der Waals surface area contributed by atoms with Crippen molar-refractivity contribution in [1.29, 1.82) is 0 Å². The van der Waals surface area contributed by atoms with Gasteiger partial charge in [0.2, 0.25) is 5.43 Å². The molecule has 5 heteroatoms. The highest BCUT2D eigenvalue weighted by molar-refractivity contribution is 5.96. The molecule has 2 aromatic carbocycles. The first-order chi connectivity index (χ1) is 11.7. The van der Waals surface area contributed by atoms with E-state index in [4.69, 9.17) is 5.73 Å². The van der Waals surface area contributed by atoms with Gasteiger partial charge < -0.3 is 10.3 Å². The van der Waals surface area contributed by atoms with Crippen molar-refractivity contribution in [3.8, 4) is 5.69 Å². The van der Waals surface area contributed by atoms with Gasteiger partial charge in [0.25, 0.3) is 5.91 Å². The maximum atomic E-state index is 13.6. The van der Waals surface area contributed by atoms with Crippen molar-refractivity contribution in [2.45, 2.75) is 26.2 Å². The lowest BCUT2D eigenvalue weighted by atomic mass is 9.87. The van der Waals surface area contributed by atoms with E-state index in [1.54, 1.807) is 4.57 Å². The van der Waals surface area contributed by atoms with Gasteiger partial charge >= 0.3 is 0 Å². The molecule has 25 heavy (non-hydrogen) atoms. The Morgan fingerprint density at radius 2 is 1.84 bits per heavy atom. The molecule has 0 aliphatic rings. The highest BCUT2D eigenvalue weighted by Gasteiger charge is 2.17. The van der Waals surface area contributed by atoms with Gasteiger partial charge in [0.05, 0.1) is 5.52 Å². The number of nitrogens with two attached hydrogens (primary N) is 1. The molecule has 3 rings (SSSR count). The van der Waals surface area contributed by atoms with Crippen LogP contribution >= 0.6 is 0 Å². The zero-order valence-electron chi connectivity index (χ0n) is 14.3. The van der Waals surface area contributed by atoms with E-state index in [1.807, 2.05) is 24.3 Å². The number of hydrogen-bond donors (Lipinski definition) is 1. The fourth-order valence-corrected chi connectivity index (χ4v) is 2.81. The molecule has 0 atom stereocenters. The van der Waals surface area contributed by atoms with Crippen LogP contribution in [0.3, 0.4) is 0 Å².